The van der Waals surface area contributed by atoms with Crippen LogP contribution in [0.1, 0.15) is 84.0 Å². The topological polar surface area (TPSA) is 86.5 Å². The van der Waals surface area contributed by atoms with Crippen molar-refractivity contribution in [2.24, 2.45) is 5.73 Å². The first-order valence-corrected chi connectivity index (χ1v) is 10.2. The standard InChI is InChI=1S/C16H33NO4S.K.H/c1-2-3-4-5-6-7-8-9-10-11-12-13-16(18)21-22(19,20)15-14-17;;/h2-15,17H2,1H3;;. The molecule has 0 aromatic heterocycles. The van der Waals surface area contributed by atoms with Crippen LogP contribution in [-0.2, 0) is 19.1 Å². The van der Waals surface area contributed by atoms with Gasteiger partial charge in [-0.25, -0.2) is 0 Å². The summed E-state index contributed by atoms with van der Waals surface area (Å²) in [5.41, 5.74) is 5.13. The fraction of sp³-hybridized carbons (Fsp3) is 0.938. The fourth-order valence-corrected chi connectivity index (χ4v) is 3.04. The van der Waals surface area contributed by atoms with E-state index in [0.29, 0.717) is 6.42 Å². The summed E-state index contributed by atoms with van der Waals surface area (Å²) in [5.74, 6) is -0.971. The van der Waals surface area contributed by atoms with Gasteiger partial charge in [-0.3, -0.25) is 4.79 Å². The number of hydrogen-bond acceptors (Lipinski definition) is 5. The number of hydrogen-bond donors (Lipinski definition) is 1. The third kappa shape index (κ3) is 19.2. The van der Waals surface area contributed by atoms with Crippen LogP contribution in [0.3, 0.4) is 0 Å². The number of carbonyl (C=O) groups excluding carboxylic acids is 1. The SMILES string of the molecule is CCCCCCCCCCCCCC(=O)OS(=O)(=O)CCN.[KH]. The van der Waals surface area contributed by atoms with Crippen molar-refractivity contribution in [2.45, 2.75) is 84.0 Å². The van der Waals surface area contributed by atoms with Gasteiger partial charge in [0, 0.05) is 13.0 Å². The molecule has 0 aromatic rings. The second-order valence-electron chi connectivity index (χ2n) is 5.79. The average Bonchev–Trinajstić information content (AvgIpc) is 2.44. The molecule has 134 valence electrons. The summed E-state index contributed by atoms with van der Waals surface area (Å²) in [4.78, 5) is 11.4. The van der Waals surface area contributed by atoms with E-state index in [2.05, 4.69) is 11.1 Å². The molecule has 0 bridgehead atoms. The minimum atomic E-state index is -3.77. The Balaban J connectivity index is 0. The van der Waals surface area contributed by atoms with Gasteiger partial charge < -0.3 is 9.92 Å². The number of carbonyl (C=O) groups is 1. The van der Waals surface area contributed by atoms with Crippen LogP contribution in [0.25, 0.3) is 0 Å². The molecule has 7 heteroatoms. The third-order valence-electron chi connectivity index (χ3n) is 3.57. The zero-order chi connectivity index (χ0) is 16.7. The molecule has 0 aliphatic heterocycles. The van der Waals surface area contributed by atoms with E-state index in [0.717, 1.165) is 12.8 Å². The van der Waals surface area contributed by atoms with Gasteiger partial charge in [-0.15, -0.1) is 0 Å². The predicted molar refractivity (Wildman–Crippen MR) is 97.2 cm³/mol. The molecule has 0 aliphatic carbocycles. The Kier molecular flexibility index (Phi) is 20.3. The molecule has 0 spiro atoms. The van der Waals surface area contributed by atoms with E-state index in [1.54, 1.807) is 0 Å². The van der Waals surface area contributed by atoms with Gasteiger partial charge in [-0.05, 0) is 6.42 Å². The molecule has 0 radical (unpaired) electrons. The fourth-order valence-electron chi connectivity index (χ4n) is 2.30. The Morgan fingerprint density at radius 1 is 0.870 bits per heavy atom. The maximum atomic E-state index is 11.4. The minimum absolute atomic E-state index is 0. The Labute approximate surface area is 185 Å². The summed E-state index contributed by atoms with van der Waals surface area (Å²) < 4.78 is 26.9. The van der Waals surface area contributed by atoms with E-state index in [1.165, 1.54) is 51.4 Å². The van der Waals surface area contributed by atoms with Gasteiger partial charge in [0.25, 0.3) is 0 Å². The van der Waals surface area contributed by atoms with Crippen molar-refractivity contribution in [1.82, 2.24) is 0 Å². The molecule has 0 saturated carbocycles. The van der Waals surface area contributed by atoms with E-state index < -0.39 is 16.1 Å². The van der Waals surface area contributed by atoms with Crippen LogP contribution in [0.5, 0.6) is 0 Å². The second-order valence-corrected chi connectivity index (χ2v) is 7.48. The van der Waals surface area contributed by atoms with Crippen LogP contribution in [0, 0.1) is 0 Å². The van der Waals surface area contributed by atoms with E-state index in [-0.39, 0.29) is 70.1 Å². The molecule has 0 atom stereocenters. The summed E-state index contributed by atoms with van der Waals surface area (Å²) in [6, 6.07) is 0. The van der Waals surface area contributed by atoms with Gasteiger partial charge in [0.05, 0.1) is 5.75 Å². The summed E-state index contributed by atoms with van der Waals surface area (Å²) >= 11 is 0. The Morgan fingerprint density at radius 3 is 1.74 bits per heavy atom. The molecule has 0 unspecified atom stereocenters. The zero-order valence-corrected chi connectivity index (χ0v) is 14.8. The first-order valence-electron chi connectivity index (χ1n) is 8.67. The van der Waals surface area contributed by atoms with E-state index in [4.69, 9.17) is 5.73 Å². The molecular weight excluding hydrogens is 341 g/mol. The third-order valence-corrected chi connectivity index (χ3v) is 4.75. The molecule has 0 rings (SSSR count). The molecule has 0 saturated heterocycles. The molecule has 0 heterocycles. The second kappa shape index (κ2) is 17.8. The number of rotatable bonds is 15. The van der Waals surface area contributed by atoms with Crippen molar-refractivity contribution >= 4 is 67.5 Å². The van der Waals surface area contributed by atoms with Crippen LogP contribution in [-0.4, -0.2) is 78.1 Å². The first-order chi connectivity index (χ1) is 10.5. The quantitative estimate of drug-likeness (QED) is 0.270. The predicted octanol–water partition coefficient (Wildman–Crippen LogP) is 2.87. The molecule has 0 amide bonds. The summed E-state index contributed by atoms with van der Waals surface area (Å²) in [5, 5.41) is 0. The van der Waals surface area contributed by atoms with Gasteiger partial charge in [0.15, 0.2) is 0 Å². The molecule has 0 fully saturated rings. The summed E-state index contributed by atoms with van der Waals surface area (Å²) in [7, 11) is -3.77. The molecule has 5 nitrogen and oxygen atoms in total. The van der Waals surface area contributed by atoms with Crippen molar-refractivity contribution < 1.29 is 17.4 Å². The van der Waals surface area contributed by atoms with Gasteiger partial charge >= 0.3 is 67.5 Å². The Morgan fingerprint density at radius 2 is 1.30 bits per heavy atom. The molecule has 2 N–H and O–H groups in total. The molecule has 23 heavy (non-hydrogen) atoms. The molecule has 0 aromatic carbocycles. The number of unbranched alkanes of at least 4 members (excludes halogenated alkanes) is 10. The van der Waals surface area contributed by atoms with E-state index in [1.807, 2.05) is 0 Å². The van der Waals surface area contributed by atoms with Crippen molar-refractivity contribution in [1.29, 1.82) is 0 Å². The Bertz CT molecular complexity index is 374. The Hall–Kier alpha value is 1.02. The average molecular weight is 376 g/mol. The normalized spacial score (nSPS) is 11.0. The van der Waals surface area contributed by atoms with Crippen molar-refractivity contribution in [3.63, 3.8) is 0 Å². The van der Waals surface area contributed by atoms with Crippen LogP contribution < -0.4 is 5.73 Å². The van der Waals surface area contributed by atoms with E-state index in [9.17, 15) is 13.2 Å². The maximum absolute atomic E-state index is 11.4. The van der Waals surface area contributed by atoms with Gasteiger partial charge in [-0.1, -0.05) is 71.1 Å². The van der Waals surface area contributed by atoms with Crippen LogP contribution >= 0.6 is 0 Å². The molecule has 0 aliphatic rings. The molecular formula is C16H34KNO4S. The monoisotopic (exact) mass is 375 g/mol. The van der Waals surface area contributed by atoms with Crippen molar-refractivity contribution in [3.05, 3.63) is 0 Å². The van der Waals surface area contributed by atoms with Crippen molar-refractivity contribution in [2.75, 3.05) is 12.3 Å². The van der Waals surface area contributed by atoms with Gasteiger partial charge in [0.2, 0.25) is 0 Å². The van der Waals surface area contributed by atoms with Gasteiger partial charge in [0.1, 0.15) is 0 Å². The van der Waals surface area contributed by atoms with Crippen LogP contribution in [0.2, 0.25) is 0 Å². The summed E-state index contributed by atoms with van der Waals surface area (Å²) in [6.45, 7) is 2.19. The van der Waals surface area contributed by atoms with E-state index >= 15 is 0 Å². The first kappa shape index (κ1) is 26.2. The van der Waals surface area contributed by atoms with Gasteiger partial charge in [-0.2, -0.15) is 8.42 Å². The van der Waals surface area contributed by atoms with Crippen LogP contribution in [0.15, 0.2) is 0 Å². The summed E-state index contributed by atoms with van der Waals surface area (Å²) in [6.07, 6.45) is 13.3. The van der Waals surface area contributed by atoms with Crippen LogP contribution in [0.4, 0.5) is 0 Å². The zero-order valence-electron chi connectivity index (χ0n) is 14.0. The van der Waals surface area contributed by atoms with Crippen molar-refractivity contribution in [3.8, 4) is 0 Å². The number of nitrogens with two attached hydrogens (primary N) is 1.